The van der Waals surface area contributed by atoms with Gasteiger partial charge in [-0.05, 0) is 42.9 Å². The molecule has 0 aromatic heterocycles. The predicted octanol–water partition coefficient (Wildman–Crippen LogP) is 4.42. The van der Waals surface area contributed by atoms with Crippen molar-refractivity contribution in [2.75, 3.05) is 0 Å². The van der Waals surface area contributed by atoms with Gasteiger partial charge in [0.2, 0.25) is 0 Å². The topological polar surface area (TPSA) is 0 Å². The first-order valence-corrected chi connectivity index (χ1v) is 6.39. The van der Waals surface area contributed by atoms with Crippen LogP contribution in [0.1, 0.15) is 52.4 Å². The second-order valence-corrected chi connectivity index (χ2v) is 5.56. The van der Waals surface area contributed by atoms with Crippen LogP contribution >= 0.6 is 0 Å². The van der Waals surface area contributed by atoms with Crippen molar-refractivity contribution >= 4 is 0 Å². The van der Waals surface area contributed by atoms with Gasteiger partial charge in [-0.2, -0.15) is 0 Å². The van der Waals surface area contributed by atoms with E-state index in [1.165, 1.54) is 38.5 Å². The van der Waals surface area contributed by atoms with E-state index in [4.69, 9.17) is 0 Å². The number of rotatable bonds is 3. The largest absolute Gasteiger partial charge is 0.0993 e. The highest BCUT2D eigenvalue weighted by Gasteiger charge is 2.33. The monoisotopic (exact) mass is 192 g/mol. The lowest BCUT2D eigenvalue weighted by Gasteiger charge is -2.34. The predicted molar refractivity (Wildman–Crippen MR) is 62.2 cm³/mol. The summed E-state index contributed by atoms with van der Waals surface area (Å²) >= 11 is 0. The molecule has 0 aromatic carbocycles. The zero-order valence-electron chi connectivity index (χ0n) is 9.76. The smallest absolute Gasteiger partial charge is 0.0201 e. The highest BCUT2D eigenvalue weighted by molar-refractivity contribution is 5.12. The minimum Gasteiger partial charge on any atom is -0.0993 e. The Bertz CT molecular complexity index is 212. The molecule has 0 nitrogen and oxygen atoms in total. The van der Waals surface area contributed by atoms with Crippen LogP contribution in [0.25, 0.3) is 0 Å². The third-order valence-corrected chi connectivity index (χ3v) is 4.51. The van der Waals surface area contributed by atoms with E-state index in [0.29, 0.717) is 0 Å². The lowest BCUT2D eigenvalue weighted by atomic mass is 9.71. The Balaban J connectivity index is 1.94. The van der Waals surface area contributed by atoms with Crippen LogP contribution in [-0.4, -0.2) is 0 Å². The van der Waals surface area contributed by atoms with E-state index in [-0.39, 0.29) is 0 Å². The lowest BCUT2D eigenvalue weighted by molar-refractivity contribution is 0.201. The van der Waals surface area contributed by atoms with Crippen LogP contribution in [-0.2, 0) is 0 Å². The van der Waals surface area contributed by atoms with E-state index < -0.39 is 0 Å². The van der Waals surface area contributed by atoms with Crippen LogP contribution in [0.2, 0.25) is 0 Å². The molecule has 0 amide bonds. The Hall–Kier alpha value is -0.260. The molecular weight excluding hydrogens is 168 g/mol. The van der Waals surface area contributed by atoms with Gasteiger partial charge in [0.25, 0.3) is 0 Å². The molecule has 0 bridgehead atoms. The first-order chi connectivity index (χ1) is 6.70. The first-order valence-electron chi connectivity index (χ1n) is 6.39. The minimum absolute atomic E-state index is 0.790. The quantitative estimate of drug-likeness (QED) is 0.581. The normalized spacial score (nSPS) is 35.3. The van der Waals surface area contributed by atoms with Crippen molar-refractivity contribution in [3.05, 3.63) is 12.2 Å². The van der Waals surface area contributed by atoms with Crippen molar-refractivity contribution in [3.63, 3.8) is 0 Å². The summed E-state index contributed by atoms with van der Waals surface area (Å²) in [4.78, 5) is 0. The molecule has 2 aliphatic rings. The maximum atomic E-state index is 4.33. The van der Waals surface area contributed by atoms with Crippen LogP contribution < -0.4 is 0 Å². The molecule has 80 valence electrons. The zero-order valence-corrected chi connectivity index (χ0v) is 9.76. The van der Waals surface area contributed by atoms with Crippen molar-refractivity contribution in [1.82, 2.24) is 0 Å². The van der Waals surface area contributed by atoms with E-state index >= 15 is 0 Å². The van der Waals surface area contributed by atoms with Gasteiger partial charge in [-0.1, -0.05) is 45.3 Å². The van der Waals surface area contributed by atoms with Crippen LogP contribution in [0.3, 0.4) is 0 Å². The Kier molecular flexibility index (Phi) is 2.99. The van der Waals surface area contributed by atoms with Crippen molar-refractivity contribution in [3.8, 4) is 0 Å². The molecule has 0 radical (unpaired) electrons. The molecule has 2 rings (SSSR count). The Morgan fingerprint density at radius 2 is 1.79 bits per heavy atom. The van der Waals surface area contributed by atoms with Gasteiger partial charge in [0.05, 0.1) is 0 Å². The van der Waals surface area contributed by atoms with Gasteiger partial charge in [-0.3, -0.25) is 0 Å². The molecule has 14 heavy (non-hydrogen) atoms. The molecule has 0 heteroatoms. The zero-order chi connectivity index (χ0) is 10.1. The summed E-state index contributed by atoms with van der Waals surface area (Å²) < 4.78 is 0. The van der Waals surface area contributed by atoms with Gasteiger partial charge in [0.15, 0.2) is 0 Å². The van der Waals surface area contributed by atoms with Gasteiger partial charge in [0.1, 0.15) is 0 Å². The Labute approximate surface area is 88.8 Å². The standard InChI is InChI=1S/C14H24/c1-10-6-4-5-7-14(10)12(3)11(2)13-8-9-13/h10,12-14H,2,4-9H2,1,3H3. The summed E-state index contributed by atoms with van der Waals surface area (Å²) in [7, 11) is 0. The van der Waals surface area contributed by atoms with E-state index in [1.807, 2.05) is 0 Å². The molecule has 2 aliphatic carbocycles. The molecule has 0 N–H and O–H groups in total. The molecule has 3 unspecified atom stereocenters. The summed E-state index contributed by atoms with van der Waals surface area (Å²) in [5, 5.41) is 0. The van der Waals surface area contributed by atoms with Gasteiger partial charge in [-0.25, -0.2) is 0 Å². The molecule has 0 aromatic rings. The molecule has 2 saturated carbocycles. The second-order valence-electron chi connectivity index (χ2n) is 5.56. The molecule has 0 spiro atoms. The van der Waals surface area contributed by atoms with Gasteiger partial charge < -0.3 is 0 Å². The van der Waals surface area contributed by atoms with Crippen molar-refractivity contribution in [2.24, 2.45) is 23.7 Å². The molecule has 0 heterocycles. The summed E-state index contributed by atoms with van der Waals surface area (Å²) in [5.41, 5.74) is 1.57. The molecular formula is C14H24. The fraction of sp³-hybridized carbons (Fsp3) is 0.857. The third-order valence-electron chi connectivity index (χ3n) is 4.51. The minimum atomic E-state index is 0.790. The van der Waals surface area contributed by atoms with Crippen LogP contribution in [0.4, 0.5) is 0 Å². The van der Waals surface area contributed by atoms with Crippen LogP contribution in [0.5, 0.6) is 0 Å². The van der Waals surface area contributed by atoms with Crippen LogP contribution in [0, 0.1) is 23.7 Å². The molecule has 2 fully saturated rings. The first kappa shape index (κ1) is 10.3. The summed E-state index contributed by atoms with van der Waals surface area (Å²) in [6.45, 7) is 9.19. The van der Waals surface area contributed by atoms with E-state index in [1.54, 1.807) is 5.57 Å². The maximum absolute atomic E-state index is 4.33. The van der Waals surface area contributed by atoms with Gasteiger partial charge in [-0.15, -0.1) is 0 Å². The van der Waals surface area contributed by atoms with E-state index in [9.17, 15) is 0 Å². The summed E-state index contributed by atoms with van der Waals surface area (Å²) in [5.74, 6) is 3.57. The highest BCUT2D eigenvalue weighted by atomic mass is 14.4. The van der Waals surface area contributed by atoms with E-state index in [2.05, 4.69) is 20.4 Å². The third kappa shape index (κ3) is 2.04. The number of allylic oxidation sites excluding steroid dienone is 1. The SMILES string of the molecule is C=C(C1CC1)C(C)C1CCCCC1C. The number of hydrogen-bond donors (Lipinski definition) is 0. The number of hydrogen-bond acceptors (Lipinski definition) is 0. The second kappa shape index (κ2) is 4.08. The van der Waals surface area contributed by atoms with E-state index in [0.717, 1.165) is 23.7 Å². The van der Waals surface area contributed by atoms with Crippen molar-refractivity contribution in [1.29, 1.82) is 0 Å². The summed E-state index contributed by atoms with van der Waals surface area (Å²) in [6, 6.07) is 0. The lowest BCUT2D eigenvalue weighted by Crippen LogP contribution is -2.24. The summed E-state index contributed by atoms with van der Waals surface area (Å²) in [6.07, 6.45) is 8.66. The van der Waals surface area contributed by atoms with Crippen molar-refractivity contribution in [2.45, 2.75) is 52.4 Å². The van der Waals surface area contributed by atoms with Crippen LogP contribution in [0.15, 0.2) is 12.2 Å². The average molecular weight is 192 g/mol. The Morgan fingerprint density at radius 1 is 1.14 bits per heavy atom. The fourth-order valence-electron chi connectivity index (χ4n) is 3.19. The average Bonchev–Trinajstić information content (AvgIpc) is 3.00. The molecule has 3 atom stereocenters. The van der Waals surface area contributed by atoms with Gasteiger partial charge in [0, 0.05) is 0 Å². The molecule has 0 saturated heterocycles. The van der Waals surface area contributed by atoms with Crippen molar-refractivity contribution < 1.29 is 0 Å². The van der Waals surface area contributed by atoms with Gasteiger partial charge >= 0.3 is 0 Å². The molecule has 0 aliphatic heterocycles. The fourth-order valence-corrected chi connectivity index (χ4v) is 3.19. The Morgan fingerprint density at radius 3 is 2.36 bits per heavy atom. The highest BCUT2D eigenvalue weighted by Crippen LogP contribution is 2.45. The maximum Gasteiger partial charge on any atom is -0.0201 e.